The first kappa shape index (κ1) is 11.1. The SMILES string of the molecule is O=S([O-])[O-].[Cl][Ru+2][Cl]. The van der Waals surface area contributed by atoms with Gasteiger partial charge in [-0.1, -0.05) is 0 Å². The van der Waals surface area contributed by atoms with Crippen LogP contribution in [0.4, 0.5) is 0 Å². The van der Waals surface area contributed by atoms with Gasteiger partial charge in [-0.2, -0.15) is 0 Å². The van der Waals surface area contributed by atoms with Crippen LogP contribution in [-0.4, -0.2) is 13.3 Å². The molecule has 7 heavy (non-hydrogen) atoms. The van der Waals surface area contributed by atoms with Crippen LogP contribution in [0.25, 0.3) is 0 Å². The third kappa shape index (κ3) is 125. The van der Waals surface area contributed by atoms with Crippen molar-refractivity contribution in [1.29, 1.82) is 0 Å². The average Bonchev–Trinajstić information content (AvgIpc) is 1.33. The zero-order chi connectivity index (χ0) is 6.28. The molecule has 0 aliphatic carbocycles. The van der Waals surface area contributed by atoms with Crippen molar-refractivity contribution < 1.29 is 28.5 Å². The minimum atomic E-state index is -3.11. The van der Waals surface area contributed by atoms with Crippen LogP contribution in [-0.2, 0) is 26.5 Å². The van der Waals surface area contributed by atoms with Crippen LogP contribution >= 0.6 is 19.4 Å². The number of rotatable bonds is 0. The molecule has 0 aliphatic rings. The molecule has 0 amide bonds. The number of hydrogen-bond acceptors (Lipinski definition) is 3. The van der Waals surface area contributed by atoms with Crippen molar-refractivity contribution in [2.75, 3.05) is 0 Å². The molecule has 0 spiro atoms. The Morgan fingerprint density at radius 2 is 1.43 bits per heavy atom. The fourth-order valence-electron chi connectivity index (χ4n) is 0. The molecule has 0 bridgehead atoms. The summed E-state index contributed by atoms with van der Waals surface area (Å²) in [6, 6.07) is 0. The summed E-state index contributed by atoms with van der Waals surface area (Å²) in [6.07, 6.45) is 0. The van der Waals surface area contributed by atoms with E-state index in [4.69, 9.17) is 32.7 Å². The van der Waals surface area contributed by atoms with Gasteiger partial charge in [0.2, 0.25) is 0 Å². The summed E-state index contributed by atoms with van der Waals surface area (Å²) in [7, 11) is 9.71. The molecule has 0 saturated carbocycles. The van der Waals surface area contributed by atoms with Crippen molar-refractivity contribution in [3.05, 3.63) is 0 Å². The van der Waals surface area contributed by atoms with Crippen molar-refractivity contribution in [2.24, 2.45) is 0 Å². The summed E-state index contributed by atoms with van der Waals surface area (Å²) >= 11 is -3.46. The molecule has 0 N–H and O–H groups in total. The fraction of sp³-hybridized carbons (Fsp3) is 0. The van der Waals surface area contributed by atoms with E-state index in [2.05, 4.69) is 0 Å². The Balaban J connectivity index is 0. The van der Waals surface area contributed by atoms with E-state index in [0.29, 0.717) is 0 Å². The first-order valence-electron chi connectivity index (χ1n) is 0.767. The number of halogens is 2. The van der Waals surface area contributed by atoms with E-state index in [1.54, 1.807) is 0 Å². The van der Waals surface area contributed by atoms with Crippen LogP contribution in [0, 0.1) is 0 Å². The number of hydrogen-bond donors (Lipinski definition) is 0. The van der Waals surface area contributed by atoms with Crippen LogP contribution in [0.5, 0.6) is 0 Å². The topological polar surface area (TPSA) is 63.2 Å². The van der Waals surface area contributed by atoms with Gasteiger partial charge >= 0.3 is 34.5 Å². The molecule has 0 heterocycles. The monoisotopic (exact) mass is 252 g/mol. The molecule has 0 aromatic carbocycles. The maximum absolute atomic E-state index is 8.44. The molecule has 0 saturated heterocycles. The first-order chi connectivity index (χ1) is 3.15. The standard InChI is InChI=1S/2ClH.H2O3S.Ru/c;;1-4(2)3;/h2*1H;(H2,1,2,3);/q;;;+4/p-4. The Morgan fingerprint density at radius 3 is 1.43 bits per heavy atom. The van der Waals surface area contributed by atoms with Crippen LogP contribution in [0.3, 0.4) is 0 Å². The van der Waals surface area contributed by atoms with E-state index in [0.717, 1.165) is 0 Å². The second kappa shape index (κ2) is 10.3. The molecule has 0 atom stereocenters. The molecule has 0 rings (SSSR count). The van der Waals surface area contributed by atoms with Gasteiger partial charge in [0.1, 0.15) is 0 Å². The zero-order valence-electron chi connectivity index (χ0n) is 2.74. The van der Waals surface area contributed by atoms with E-state index >= 15 is 0 Å². The van der Waals surface area contributed by atoms with Gasteiger partial charge in [0.05, 0.1) is 0 Å². The molecule has 0 radical (unpaired) electrons. The normalized spacial score (nSPS) is 7.57. The van der Waals surface area contributed by atoms with Crippen molar-refractivity contribution >= 4 is 30.7 Å². The van der Waals surface area contributed by atoms with Crippen LogP contribution in [0.1, 0.15) is 0 Å². The zero-order valence-corrected chi connectivity index (χ0v) is 6.81. The summed E-state index contributed by atoms with van der Waals surface area (Å²) in [5.74, 6) is 0. The van der Waals surface area contributed by atoms with Crippen LogP contribution < -0.4 is 0 Å². The minimum absolute atomic E-state index is 0.346. The molecule has 0 aromatic rings. The molecular weight excluding hydrogens is 252 g/mol. The van der Waals surface area contributed by atoms with Gasteiger partial charge in [0.15, 0.2) is 0 Å². The Hall–Kier alpha value is 1.27. The molecule has 0 aliphatic heterocycles. The molecular formula is Cl2O3RuS. The third-order valence-corrected chi connectivity index (χ3v) is 0. The van der Waals surface area contributed by atoms with E-state index in [1.165, 1.54) is 0 Å². The summed E-state index contributed by atoms with van der Waals surface area (Å²) in [6.45, 7) is 0. The van der Waals surface area contributed by atoms with Crippen LogP contribution in [0.15, 0.2) is 0 Å². The summed E-state index contributed by atoms with van der Waals surface area (Å²) < 4.78 is 25.3. The molecule has 0 fully saturated rings. The summed E-state index contributed by atoms with van der Waals surface area (Å²) in [5.41, 5.74) is 0. The molecule has 0 unspecified atom stereocenters. The van der Waals surface area contributed by atoms with Crippen LogP contribution in [0.2, 0.25) is 0 Å². The molecule has 3 nitrogen and oxygen atoms in total. The van der Waals surface area contributed by atoms with Crippen molar-refractivity contribution in [3.63, 3.8) is 0 Å². The predicted molar refractivity (Wildman–Crippen MR) is 21.4 cm³/mol. The Kier molecular flexibility index (Phi) is 16.4. The van der Waals surface area contributed by atoms with Crippen molar-refractivity contribution in [1.82, 2.24) is 0 Å². The Morgan fingerprint density at radius 1 is 1.43 bits per heavy atom. The maximum atomic E-state index is 8.44. The van der Waals surface area contributed by atoms with Gasteiger partial charge in [-0.05, 0) is 0 Å². The van der Waals surface area contributed by atoms with E-state index in [1.807, 2.05) is 0 Å². The van der Waals surface area contributed by atoms with Gasteiger partial charge < -0.3 is 9.11 Å². The van der Waals surface area contributed by atoms with E-state index in [-0.39, 0.29) is 15.1 Å². The van der Waals surface area contributed by atoms with E-state index in [9.17, 15) is 0 Å². The van der Waals surface area contributed by atoms with Crippen molar-refractivity contribution in [2.45, 2.75) is 0 Å². The van der Waals surface area contributed by atoms with Gasteiger partial charge in [0, 0.05) is 0 Å². The Bertz CT molecular complexity index is 44.2. The second-order valence-corrected chi connectivity index (χ2v) is 3.30. The average molecular weight is 252 g/mol. The molecule has 7 heteroatoms. The predicted octanol–water partition coefficient (Wildman–Crippen LogP) is 0.372. The summed E-state index contributed by atoms with van der Waals surface area (Å²) in [4.78, 5) is 0. The quantitative estimate of drug-likeness (QED) is 0.462. The van der Waals surface area contributed by atoms with Gasteiger partial charge in [-0.3, -0.25) is 4.21 Å². The first-order valence-corrected chi connectivity index (χ1v) is 6.24. The molecule has 0 aromatic heterocycles. The van der Waals surface area contributed by atoms with E-state index < -0.39 is 11.4 Å². The molecule has 46 valence electrons. The summed E-state index contributed by atoms with van der Waals surface area (Å²) in [5, 5.41) is 0. The fourth-order valence-corrected chi connectivity index (χ4v) is 0. The second-order valence-electron chi connectivity index (χ2n) is 0.255. The van der Waals surface area contributed by atoms with Gasteiger partial charge in [-0.15, -0.1) is 11.4 Å². The van der Waals surface area contributed by atoms with Crippen molar-refractivity contribution in [3.8, 4) is 0 Å². The van der Waals surface area contributed by atoms with Gasteiger partial charge in [0.25, 0.3) is 0 Å². The third-order valence-electron chi connectivity index (χ3n) is 0. The Labute approximate surface area is 59.2 Å². The van der Waals surface area contributed by atoms with Gasteiger partial charge in [-0.25, -0.2) is 0 Å².